The van der Waals surface area contributed by atoms with Gasteiger partial charge in [-0.05, 0) is 68.7 Å². The number of ether oxygens (including phenoxy) is 1. The van der Waals surface area contributed by atoms with Crippen molar-refractivity contribution in [3.8, 4) is 0 Å². The zero-order chi connectivity index (χ0) is 43.9. The van der Waals surface area contributed by atoms with E-state index >= 15 is 0 Å². The van der Waals surface area contributed by atoms with E-state index in [1.807, 2.05) is 6.92 Å². The molecule has 8 atom stereocenters. The van der Waals surface area contributed by atoms with Gasteiger partial charge in [0.05, 0.1) is 6.10 Å². The third kappa shape index (κ3) is 11.9. The lowest BCUT2D eigenvalue weighted by molar-refractivity contribution is -0.158. The third-order valence-electron chi connectivity index (χ3n) is 11.0. The van der Waals surface area contributed by atoms with Crippen molar-refractivity contribution in [3.05, 3.63) is 47.5 Å². The molecule has 0 radical (unpaired) electrons. The van der Waals surface area contributed by atoms with Gasteiger partial charge >= 0.3 is 13.8 Å². The minimum absolute atomic E-state index is 0.0317. The molecule has 330 valence electrons. The van der Waals surface area contributed by atoms with Crippen molar-refractivity contribution in [2.45, 2.75) is 121 Å². The molecule has 0 aromatic heterocycles. The minimum Gasteiger partial charge on any atom is -0.461 e. The number of unbranched alkanes of at least 4 members (excludes halogenated alkanes) is 2. The summed E-state index contributed by atoms with van der Waals surface area (Å²) in [6.45, 7) is 3.97. The van der Waals surface area contributed by atoms with Gasteiger partial charge in [0.1, 0.15) is 54.5 Å². The molecular formula is C39H53F2N6O12P. The minimum atomic E-state index is -5.18. The van der Waals surface area contributed by atoms with Crippen molar-refractivity contribution in [1.29, 1.82) is 0 Å². The van der Waals surface area contributed by atoms with Crippen LogP contribution in [0.15, 0.2) is 30.4 Å². The number of esters is 1. The van der Waals surface area contributed by atoms with Crippen molar-refractivity contribution in [1.82, 2.24) is 30.7 Å². The molecule has 21 heteroatoms. The van der Waals surface area contributed by atoms with Crippen LogP contribution < -0.4 is 16.0 Å². The topological polar surface area (TPSA) is 241 Å². The third-order valence-corrected chi connectivity index (χ3v) is 11.6. The number of halogens is 2. The van der Waals surface area contributed by atoms with E-state index in [0.717, 1.165) is 29.9 Å². The van der Waals surface area contributed by atoms with Crippen LogP contribution in [0.25, 0.3) is 0 Å². The maximum atomic E-state index is 14.7. The van der Waals surface area contributed by atoms with Gasteiger partial charge in [0.2, 0.25) is 35.4 Å². The lowest BCUT2D eigenvalue weighted by Crippen LogP contribution is -2.62. The first-order valence-electron chi connectivity index (χ1n) is 20.2. The van der Waals surface area contributed by atoms with Crippen LogP contribution in [0.1, 0.15) is 77.7 Å². The van der Waals surface area contributed by atoms with Crippen molar-refractivity contribution in [3.63, 3.8) is 0 Å². The molecule has 4 aliphatic rings. The number of fused-ring (bicyclic) bond motifs is 3. The predicted octanol–water partition coefficient (Wildman–Crippen LogP) is 0.982. The van der Waals surface area contributed by atoms with Crippen LogP contribution in [0, 0.1) is 17.6 Å². The summed E-state index contributed by atoms with van der Waals surface area (Å²) < 4.78 is 51.0. The lowest BCUT2D eigenvalue weighted by Gasteiger charge is -2.39. The first kappa shape index (κ1) is 46.3. The first-order valence-corrected chi connectivity index (χ1v) is 21.7. The number of carbonyl (C=O) groups excluding carboxylic acids is 7. The Morgan fingerprint density at radius 2 is 1.67 bits per heavy atom. The van der Waals surface area contributed by atoms with Gasteiger partial charge in [-0.25, -0.2) is 18.1 Å². The highest BCUT2D eigenvalue weighted by atomic mass is 31.2. The number of cyclic esters (lactones) is 1. The first-order chi connectivity index (χ1) is 28.3. The van der Waals surface area contributed by atoms with E-state index in [2.05, 4.69) is 16.0 Å². The Bertz CT molecular complexity index is 1880. The molecule has 5 rings (SSSR count). The summed E-state index contributed by atoms with van der Waals surface area (Å²) in [4.78, 5) is 120. The van der Waals surface area contributed by atoms with Crippen molar-refractivity contribution >= 4 is 49.2 Å². The Kier molecular flexibility index (Phi) is 15.6. The Morgan fingerprint density at radius 3 is 2.35 bits per heavy atom. The van der Waals surface area contributed by atoms with E-state index in [1.54, 1.807) is 13.0 Å². The smallest absolute Gasteiger partial charge is 0.461 e. The molecule has 0 aliphatic carbocycles. The molecule has 6 amide bonds. The van der Waals surface area contributed by atoms with Gasteiger partial charge in [0.15, 0.2) is 0 Å². The van der Waals surface area contributed by atoms with Crippen molar-refractivity contribution in [2.75, 3.05) is 26.2 Å². The number of hydrogen-bond acceptors (Lipinski definition) is 10. The average Bonchev–Trinajstić information content (AvgIpc) is 3.78. The average molecular weight is 867 g/mol. The molecule has 60 heavy (non-hydrogen) atoms. The number of phosphoric acid groups is 1. The summed E-state index contributed by atoms with van der Waals surface area (Å²) in [7, 11) is -5.18. The highest BCUT2D eigenvalue weighted by Gasteiger charge is 2.49. The van der Waals surface area contributed by atoms with E-state index < -0.39 is 129 Å². The number of rotatable bonds is 11. The van der Waals surface area contributed by atoms with Gasteiger partial charge < -0.3 is 45.2 Å². The number of carbonyl (C=O) groups is 7. The second-order valence-electron chi connectivity index (χ2n) is 15.9. The SMILES string of the molecule is CCCC/C=C/C(=O)N[C@@H](Cc1cc(F)cc(F)c1)C(=O)N[C@H]1COC(=O)C2C[C@@H](C)CN2C(=O)[C@H](C)NC(=O)[C@@H]2CCCCN2C(=O)[C@@H]2C[C@@H](OP(=O)(O)O)CN2C1=O. The van der Waals surface area contributed by atoms with Gasteiger partial charge in [-0.3, -0.25) is 33.3 Å². The molecule has 1 unspecified atom stereocenters. The second-order valence-corrected chi connectivity index (χ2v) is 17.1. The number of piperidine rings is 1. The maximum Gasteiger partial charge on any atom is 0.469 e. The monoisotopic (exact) mass is 866 g/mol. The fourth-order valence-electron chi connectivity index (χ4n) is 8.15. The molecule has 4 heterocycles. The maximum absolute atomic E-state index is 14.7. The fraction of sp³-hybridized carbons (Fsp3) is 0.615. The quantitative estimate of drug-likeness (QED) is 0.0906. The molecule has 0 spiro atoms. The van der Waals surface area contributed by atoms with E-state index in [1.165, 1.54) is 22.8 Å². The number of nitrogens with zero attached hydrogens (tertiary/aromatic N) is 3. The highest BCUT2D eigenvalue weighted by molar-refractivity contribution is 7.46. The molecule has 0 saturated carbocycles. The van der Waals surface area contributed by atoms with Crippen molar-refractivity contribution in [2.24, 2.45) is 5.92 Å². The molecule has 1 aromatic rings. The number of hydrogen-bond donors (Lipinski definition) is 5. The highest BCUT2D eigenvalue weighted by Crippen LogP contribution is 2.41. The molecule has 1 aromatic carbocycles. The van der Waals surface area contributed by atoms with Gasteiger partial charge in [0, 0.05) is 38.5 Å². The predicted molar refractivity (Wildman–Crippen MR) is 207 cm³/mol. The number of allylic oxidation sites excluding steroid dienone is 1. The number of phosphoric ester groups is 1. The van der Waals surface area contributed by atoms with E-state index in [4.69, 9.17) is 9.26 Å². The Hall–Kier alpha value is -4.78. The Balaban J connectivity index is 1.54. The molecule has 5 N–H and O–H groups in total. The summed E-state index contributed by atoms with van der Waals surface area (Å²) in [6.07, 6.45) is 4.02. The molecule has 4 aliphatic heterocycles. The van der Waals surface area contributed by atoms with E-state index in [0.29, 0.717) is 25.3 Å². The van der Waals surface area contributed by atoms with Crippen LogP contribution in [0.4, 0.5) is 8.78 Å². The van der Waals surface area contributed by atoms with Crippen molar-refractivity contribution < 1.29 is 66.0 Å². The molecule has 18 nitrogen and oxygen atoms in total. The van der Waals surface area contributed by atoms with E-state index in [-0.39, 0.29) is 37.4 Å². The van der Waals surface area contributed by atoms with Gasteiger partial charge in [-0.1, -0.05) is 32.8 Å². The summed E-state index contributed by atoms with van der Waals surface area (Å²) in [6, 6.07) is -5.71. The zero-order valence-electron chi connectivity index (χ0n) is 33.7. The number of amides is 6. The Morgan fingerprint density at radius 1 is 0.967 bits per heavy atom. The van der Waals surface area contributed by atoms with Crippen LogP contribution in [-0.2, 0) is 53.8 Å². The summed E-state index contributed by atoms with van der Waals surface area (Å²) in [5, 5.41) is 7.62. The molecule has 4 saturated heterocycles. The van der Waals surface area contributed by atoms with Gasteiger partial charge in [-0.15, -0.1) is 0 Å². The van der Waals surface area contributed by atoms with Gasteiger partial charge in [-0.2, -0.15) is 0 Å². The van der Waals surface area contributed by atoms with E-state index in [9.17, 15) is 56.7 Å². The standard InChI is InChI=1S/C39H53F2N6O12P/c1-4-5-6-7-11-33(48)43-28(16-24-14-25(40)17-26(41)15-24)34(49)44-29-21-58-39(54)32-13-22(2)19-46(32)36(51)23(3)42-35(50)30-10-8-9-12-45(30)38(53)31-18-27(59-60(55,56)57)20-47(31)37(29)52/h7,11,14-15,17,22-23,27-32H,4-6,8-10,12-13,16,18-21H2,1-3H3,(H,42,50)(H,43,48)(H,44,49)(H2,55,56,57)/b11-7+/t22-,23+,27-,28+,29+,30+,31+,32?/m1/s1. The van der Waals surface area contributed by atoms with Gasteiger partial charge in [0.25, 0.3) is 0 Å². The molecule has 4 fully saturated rings. The number of nitrogens with one attached hydrogen (secondary N) is 3. The summed E-state index contributed by atoms with van der Waals surface area (Å²) >= 11 is 0. The molecular weight excluding hydrogens is 813 g/mol. The largest absolute Gasteiger partial charge is 0.469 e. The van der Waals surface area contributed by atoms with Crippen LogP contribution >= 0.6 is 7.82 Å². The number of benzene rings is 1. The normalized spacial score (nSPS) is 27.6. The van der Waals surface area contributed by atoms with Crippen LogP contribution in [0.3, 0.4) is 0 Å². The summed E-state index contributed by atoms with van der Waals surface area (Å²) in [5.41, 5.74) is -0.0317. The second kappa shape index (κ2) is 20.2. The van der Waals surface area contributed by atoms with Crippen LogP contribution in [0.2, 0.25) is 0 Å². The molecule has 0 bridgehead atoms. The summed E-state index contributed by atoms with van der Waals surface area (Å²) in [5.74, 6) is -7.90. The Labute approximate surface area is 346 Å². The zero-order valence-corrected chi connectivity index (χ0v) is 34.6. The van der Waals surface area contributed by atoms with Crippen LogP contribution in [-0.4, -0.2) is 134 Å². The fourth-order valence-corrected chi connectivity index (χ4v) is 8.69. The lowest BCUT2D eigenvalue weighted by atomic mass is 9.99. The van der Waals surface area contributed by atoms with Crippen LogP contribution in [0.5, 0.6) is 0 Å².